The molecule has 1 aliphatic carbocycles. The zero-order valence-electron chi connectivity index (χ0n) is 11.9. The molecule has 0 aromatic heterocycles. The summed E-state index contributed by atoms with van der Waals surface area (Å²) in [7, 11) is 3.40. The lowest BCUT2D eigenvalue weighted by atomic mass is 9.86. The van der Waals surface area contributed by atoms with Gasteiger partial charge in [-0.15, -0.1) is 0 Å². The van der Waals surface area contributed by atoms with E-state index in [0.717, 1.165) is 42.7 Å². The Morgan fingerprint density at radius 1 is 1.21 bits per heavy atom. The lowest BCUT2D eigenvalue weighted by Gasteiger charge is -2.22. The zero-order chi connectivity index (χ0) is 13.8. The topological polar surface area (TPSA) is 38.7 Å². The number of ether oxygens (including phenoxy) is 2. The molecule has 0 saturated carbocycles. The molecule has 0 saturated heterocycles. The highest BCUT2D eigenvalue weighted by Crippen LogP contribution is 2.34. The number of methoxy groups -OCH3 is 2. The van der Waals surface area contributed by atoms with Gasteiger partial charge in [-0.05, 0) is 55.9 Å². The van der Waals surface area contributed by atoms with E-state index in [9.17, 15) is 5.11 Å². The second-order valence-corrected chi connectivity index (χ2v) is 5.11. The molecule has 3 nitrogen and oxygen atoms in total. The van der Waals surface area contributed by atoms with Crippen LogP contribution in [0.15, 0.2) is 24.0 Å². The highest BCUT2D eigenvalue weighted by molar-refractivity contribution is 5.48. The van der Waals surface area contributed by atoms with Gasteiger partial charge in [-0.1, -0.05) is 0 Å². The predicted molar refractivity (Wildman–Crippen MR) is 76.0 cm³/mol. The van der Waals surface area contributed by atoms with Crippen molar-refractivity contribution in [2.45, 2.75) is 32.6 Å². The van der Waals surface area contributed by atoms with Crippen LogP contribution in [0.3, 0.4) is 0 Å². The molecule has 1 aromatic carbocycles. The van der Waals surface area contributed by atoms with Crippen LogP contribution in [0.5, 0.6) is 11.5 Å². The maximum atomic E-state index is 9.45. The number of hydrogen-bond donors (Lipinski definition) is 1. The Morgan fingerprint density at radius 3 is 2.47 bits per heavy atom. The minimum absolute atomic E-state index is 0.533. The van der Waals surface area contributed by atoms with E-state index in [1.54, 1.807) is 14.2 Å². The van der Waals surface area contributed by atoms with Crippen LogP contribution in [0.1, 0.15) is 30.4 Å². The zero-order valence-corrected chi connectivity index (χ0v) is 11.9. The average Bonchev–Trinajstić information content (AvgIpc) is 2.43. The van der Waals surface area contributed by atoms with Crippen molar-refractivity contribution in [1.82, 2.24) is 0 Å². The Bertz CT molecular complexity index is 477. The monoisotopic (exact) mass is 262 g/mol. The first kappa shape index (κ1) is 13.8. The molecule has 0 spiro atoms. The number of benzene rings is 1. The van der Waals surface area contributed by atoms with Crippen LogP contribution in [-0.4, -0.2) is 19.3 Å². The van der Waals surface area contributed by atoms with Gasteiger partial charge in [-0.25, -0.2) is 0 Å². The molecule has 0 radical (unpaired) electrons. The van der Waals surface area contributed by atoms with Crippen molar-refractivity contribution in [3.05, 3.63) is 35.1 Å². The van der Waals surface area contributed by atoms with Crippen molar-refractivity contribution in [3.63, 3.8) is 0 Å². The van der Waals surface area contributed by atoms with Gasteiger partial charge in [-0.3, -0.25) is 0 Å². The molecule has 1 aromatic rings. The molecule has 1 aliphatic rings. The standard InChI is InChI=1S/C16H22O3/c1-11-14(10-12-4-6-13(17)7-5-12)16(19-3)9-8-15(11)18-2/h6,8-9,12,17H,4-5,7,10H2,1-3H3. The van der Waals surface area contributed by atoms with Crippen molar-refractivity contribution in [1.29, 1.82) is 0 Å². The normalized spacial score (nSPS) is 18.9. The maximum absolute atomic E-state index is 9.45. The molecule has 0 fully saturated rings. The SMILES string of the molecule is COc1ccc(OC)c(CC2CC=C(O)CC2)c1C. The van der Waals surface area contributed by atoms with Crippen molar-refractivity contribution in [2.75, 3.05) is 14.2 Å². The third kappa shape index (κ3) is 3.03. The molecule has 0 amide bonds. The van der Waals surface area contributed by atoms with Crippen molar-refractivity contribution in [2.24, 2.45) is 5.92 Å². The van der Waals surface area contributed by atoms with Crippen LogP contribution in [0.25, 0.3) is 0 Å². The fourth-order valence-corrected chi connectivity index (χ4v) is 2.73. The first-order valence-electron chi connectivity index (χ1n) is 6.74. The fourth-order valence-electron chi connectivity index (χ4n) is 2.73. The largest absolute Gasteiger partial charge is 0.513 e. The first-order chi connectivity index (χ1) is 9.15. The Labute approximate surface area is 114 Å². The van der Waals surface area contributed by atoms with Gasteiger partial charge in [0.1, 0.15) is 11.5 Å². The molecule has 2 rings (SSSR count). The van der Waals surface area contributed by atoms with Crippen molar-refractivity contribution in [3.8, 4) is 11.5 Å². The number of aliphatic hydroxyl groups excluding tert-OH is 1. The molecule has 3 heteroatoms. The van der Waals surface area contributed by atoms with E-state index in [0.29, 0.717) is 11.7 Å². The Balaban J connectivity index is 2.23. The summed E-state index contributed by atoms with van der Waals surface area (Å²) in [6.07, 6.45) is 5.66. The third-order valence-corrected chi connectivity index (χ3v) is 3.93. The van der Waals surface area contributed by atoms with Gasteiger partial charge in [0, 0.05) is 12.0 Å². The summed E-state index contributed by atoms with van der Waals surface area (Å²) in [4.78, 5) is 0. The summed E-state index contributed by atoms with van der Waals surface area (Å²) in [5, 5.41) is 9.45. The third-order valence-electron chi connectivity index (χ3n) is 3.93. The molecule has 1 unspecified atom stereocenters. The second-order valence-electron chi connectivity index (χ2n) is 5.11. The second kappa shape index (κ2) is 6.00. The molecule has 19 heavy (non-hydrogen) atoms. The summed E-state index contributed by atoms with van der Waals surface area (Å²) in [6, 6.07) is 3.92. The number of aliphatic hydroxyl groups is 1. The summed E-state index contributed by atoms with van der Waals surface area (Å²) in [5.41, 5.74) is 2.38. The number of allylic oxidation sites excluding steroid dienone is 2. The van der Waals surface area contributed by atoms with Gasteiger partial charge >= 0.3 is 0 Å². The van der Waals surface area contributed by atoms with Gasteiger partial charge in [0.2, 0.25) is 0 Å². The van der Waals surface area contributed by atoms with E-state index in [4.69, 9.17) is 9.47 Å². The van der Waals surface area contributed by atoms with Crippen molar-refractivity contribution >= 4 is 0 Å². The highest BCUT2D eigenvalue weighted by Gasteiger charge is 2.19. The van der Waals surface area contributed by atoms with E-state index >= 15 is 0 Å². The van der Waals surface area contributed by atoms with Gasteiger partial charge in [0.05, 0.1) is 20.0 Å². The minimum atomic E-state index is 0.533. The Morgan fingerprint density at radius 2 is 1.89 bits per heavy atom. The Kier molecular flexibility index (Phi) is 4.35. The van der Waals surface area contributed by atoms with Crippen LogP contribution in [-0.2, 0) is 6.42 Å². The first-order valence-corrected chi connectivity index (χ1v) is 6.74. The van der Waals surface area contributed by atoms with Crippen molar-refractivity contribution < 1.29 is 14.6 Å². The molecular weight excluding hydrogens is 240 g/mol. The molecular formula is C16H22O3. The van der Waals surface area contributed by atoms with Crippen LogP contribution in [0.4, 0.5) is 0 Å². The van der Waals surface area contributed by atoms with Gasteiger partial charge < -0.3 is 14.6 Å². The number of hydrogen-bond acceptors (Lipinski definition) is 3. The van der Waals surface area contributed by atoms with E-state index < -0.39 is 0 Å². The summed E-state index contributed by atoms with van der Waals surface area (Å²) in [6.45, 7) is 2.08. The summed E-state index contributed by atoms with van der Waals surface area (Å²) < 4.78 is 10.9. The van der Waals surface area contributed by atoms with E-state index in [1.807, 2.05) is 18.2 Å². The molecule has 1 N–H and O–H groups in total. The van der Waals surface area contributed by atoms with Crippen LogP contribution in [0, 0.1) is 12.8 Å². The van der Waals surface area contributed by atoms with E-state index in [1.165, 1.54) is 5.56 Å². The molecule has 0 bridgehead atoms. The number of rotatable bonds is 4. The molecule has 1 atom stereocenters. The van der Waals surface area contributed by atoms with Crippen LogP contribution in [0.2, 0.25) is 0 Å². The quantitative estimate of drug-likeness (QED) is 0.897. The predicted octanol–water partition coefficient (Wildman–Crippen LogP) is 3.80. The van der Waals surface area contributed by atoms with Gasteiger partial charge in [0.25, 0.3) is 0 Å². The lowest BCUT2D eigenvalue weighted by Crippen LogP contribution is -2.11. The summed E-state index contributed by atoms with van der Waals surface area (Å²) >= 11 is 0. The van der Waals surface area contributed by atoms with Gasteiger partial charge in [-0.2, -0.15) is 0 Å². The fraction of sp³-hybridized carbons (Fsp3) is 0.500. The smallest absolute Gasteiger partial charge is 0.122 e. The maximum Gasteiger partial charge on any atom is 0.122 e. The summed E-state index contributed by atoms with van der Waals surface area (Å²) in [5.74, 6) is 2.93. The molecule has 0 aliphatic heterocycles. The van der Waals surface area contributed by atoms with Gasteiger partial charge in [0.15, 0.2) is 0 Å². The average molecular weight is 262 g/mol. The minimum Gasteiger partial charge on any atom is -0.513 e. The van der Waals surface area contributed by atoms with E-state index in [-0.39, 0.29) is 0 Å². The highest BCUT2D eigenvalue weighted by atomic mass is 16.5. The molecule has 0 heterocycles. The Hall–Kier alpha value is -1.64. The molecule has 104 valence electrons. The van der Waals surface area contributed by atoms with Crippen LogP contribution >= 0.6 is 0 Å². The lowest BCUT2D eigenvalue weighted by molar-refractivity contribution is 0.331. The van der Waals surface area contributed by atoms with E-state index in [2.05, 4.69) is 6.92 Å². The van der Waals surface area contributed by atoms with Crippen LogP contribution < -0.4 is 9.47 Å².